The number of allylic oxidation sites excluding steroid dienone is 1. The van der Waals surface area contributed by atoms with Crippen LogP contribution in [0.4, 0.5) is 0 Å². The molecule has 1 N–H and O–H groups in total. The molecule has 0 spiro atoms. The van der Waals surface area contributed by atoms with E-state index < -0.39 is 0 Å². The first-order chi connectivity index (χ1) is 8.68. The molecule has 2 rings (SSSR count). The number of carbonyl (C=O) groups excluding carboxylic acids is 1. The number of aliphatic hydroxyl groups is 1. The fraction of sp³-hybridized carbons (Fsp3) is 0.0625. The minimum atomic E-state index is -0.171. The number of aliphatic hydroxyl groups excluding tert-OH is 1. The highest BCUT2D eigenvalue weighted by Crippen LogP contribution is 2.27. The molecule has 0 bridgehead atoms. The van der Waals surface area contributed by atoms with Crippen LogP contribution < -0.4 is 0 Å². The molecule has 0 aliphatic heterocycles. The van der Waals surface area contributed by atoms with E-state index in [1.54, 1.807) is 6.07 Å². The summed E-state index contributed by atoms with van der Waals surface area (Å²) >= 11 is 0. The molecule has 0 unspecified atom stereocenters. The van der Waals surface area contributed by atoms with Gasteiger partial charge in [0.25, 0.3) is 0 Å². The summed E-state index contributed by atoms with van der Waals surface area (Å²) in [6.45, 7) is 1.42. The van der Waals surface area contributed by atoms with Gasteiger partial charge >= 0.3 is 0 Å². The summed E-state index contributed by atoms with van der Waals surface area (Å²) in [6, 6.07) is 17.2. The average Bonchev–Trinajstić information content (AvgIpc) is 2.39. The van der Waals surface area contributed by atoms with Gasteiger partial charge in [-0.3, -0.25) is 4.79 Å². The normalized spacial score (nSPS) is 11.3. The third-order valence-electron chi connectivity index (χ3n) is 2.63. The molecule has 0 saturated carbocycles. The lowest BCUT2D eigenvalue weighted by Gasteiger charge is -2.08. The van der Waals surface area contributed by atoms with Crippen LogP contribution in [0.1, 0.15) is 12.5 Å². The number of hydrogen-bond donors (Lipinski definition) is 1. The summed E-state index contributed by atoms with van der Waals surface area (Å²) in [5.74, 6) is -0.169. The van der Waals surface area contributed by atoms with Crippen LogP contribution in [0.5, 0.6) is 0 Å². The maximum Gasteiger partial charge on any atom is 0.156 e. The Morgan fingerprint density at radius 2 is 1.61 bits per heavy atom. The van der Waals surface area contributed by atoms with Crippen LogP contribution >= 0.6 is 0 Å². The summed E-state index contributed by atoms with van der Waals surface area (Å²) in [5, 5.41) is 9.97. The van der Waals surface area contributed by atoms with Crippen molar-refractivity contribution < 1.29 is 9.90 Å². The first kappa shape index (κ1) is 12.1. The molecular weight excluding hydrogens is 224 g/mol. The predicted molar refractivity (Wildman–Crippen MR) is 73.2 cm³/mol. The summed E-state index contributed by atoms with van der Waals surface area (Å²) in [4.78, 5) is 11.0. The smallest absolute Gasteiger partial charge is 0.156 e. The Morgan fingerprint density at radius 1 is 1.00 bits per heavy atom. The second-order valence-corrected chi connectivity index (χ2v) is 4.05. The zero-order valence-electron chi connectivity index (χ0n) is 10.1. The van der Waals surface area contributed by atoms with Crippen molar-refractivity contribution in [1.82, 2.24) is 0 Å². The van der Waals surface area contributed by atoms with Crippen LogP contribution in [0, 0.1) is 0 Å². The maximum atomic E-state index is 11.0. The molecule has 0 heterocycles. The molecular formula is C16H14O2. The Morgan fingerprint density at radius 3 is 2.28 bits per heavy atom. The number of benzene rings is 2. The van der Waals surface area contributed by atoms with Crippen molar-refractivity contribution in [2.75, 3.05) is 0 Å². The molecule has 0 fully saturated rings. The van der Waals surface area contributed by atoms with E-state index in [4.69, 9.17) is 0 Å². The second kappa shape index (κ2) is 5.32. The molecule has 90 valence electrons. The highest BCUT2D eigenvalue weighted by Gasteiger charge is 2.08. The Bertz CT molecular complexity index is 583. The quantitative estimate of drug-likeness (QED) is 0.651. The van der Waals surface area contributed by atoms with Crippen molar-refractivity contribution in [3.05, 3.63) is 66.2 Å². The van der Waals surface area contributed by atoms with Gasteiger partial charge in [0.05, 0.1) is 0 Å². The molecule has 0 radical (unpaired) electrons. The third-order valence-corrected chi connectivity index (χ3v) is 2.63. The topological polar surface area (TPSA) is 37.3 Å². The van der Waals surface area contributed by atoms with Crippen molar-refractivity contribution in [2.24, 2.45) is 0 Å². The fourth-order valence-electron chi connectivity index (χ4n) is 1.85. The van der Waals surface area contributed by atoms with Gasteiger partial charge in [-0.15, -0.1) is 0 Å². The second-order valence-electron chi connectivity index (χ2n) is 4.05. The van der Waals surface area contributed by atoms with Crippen molar-refractivity contribution in [2.45, 2.75) is 6.92 Å². The largest absolute Gasteiger partial charge is 0.507 e. The van der Waals surface area contributed by atoms with Crippen LogP contribution in [-0.2, 0) is 4.79 Å². The predicted octanol–water partition coefficient (Wildman–Crippen LogP) is 3.84. The van der Waals surface area contributed by atoms with Crippen molar-refractivity contribution >= 4 is 11.5 Å². The summed E-state index contributed by atoms with van der Waals surface area (Å²) in [6.07, 6.45) is 1.24. The molecule has 0 aromatic heterocycles. The molecule has 2 nitrogen and oxygen atoms in total. The third kappa shape index (κ3) is 2.66. The summed E-state index contributed by atoms with van der Waals surface area (Å²) in [5.41, 5.74) is 2.59. The Hall–Kier alpha value is -2.35. The molecule has 0 aliphatic rings. The molecule has 18 heavy (non-hydrogen) atoms. The van der Waals surface area contributed by atoms with Crippen LogP contribution in [0.2, 0.25) is 0 Å². The Labute approximate surface area is 106 Å². The molecule has 0 amide bonds. The highest BCUT2D eigenvalue weighted by molar-refractivity contribution is 5.95. The van der Waals surface area contributed by atoms with Crippen molar-refractivity contribution in [3.63, 3.8) is 0 Å². The number of hydrogen-bond acceptors (Lipinski definition) is 2. The van der Waals surface area contributed by atoms with Gasteiger partial charge in [-0.2, -0.15) is 0 Å². The van der Waals surface area contributed by atoms with E-state index in [2.05, 4.69) is 0 Å². The lowest BCUT2D eigenvalue weighted by atomic mass is 9.98. The van der Waals surface area contributed by atoms with Crippen LogP contribution in [-0.4, -0.2) is 10.9 Å². The molecule has 0 atom stereocenters. The van der Waals surface area contributed by atoms with Gasteiger partial charge < -0.3 is 5.11 Å². The van der Waals surface area contributed by atoms with E-state index in [9.17, 15) is 9.90 Å². The van der Waals surface area contributed by atoms with Crippen LogP contribution in [0.15, 0.2) is 60.7 Å². The van der Waals surface area contributed by atoms with Gasteiger partial charge in [0.15, 0.2) is 5.78 Å². The van der Waals surface area contributed by atoms with E-state index in [1.165, 1.54) is 13.0 Å². The number of rotatable bonds is 3. The minimum absolute atomic E-state index is 0.00181. The molecule has 0 saturated heterocycles. The highest BCUT2D eigenvalue weighted by atomic mass is 16.3. The monoisotopic (exact) mass is 238 g/mol. The lowest BCUT2D eigenvalue weighted by Crippen LogP contribution is -1.92. The van der Waals surface area contributed by atoms with E-state index in [0.29, 0.717) is 5.56 Å². The zero-order valence-corrected chi connectivity index (χ0v) is 10.1. The molecule has 2 heteroatoms. The zero-order chi connectivity index (χ0) is 13.0. The lowest BCUT2D eigenvalue weighted by molar-refractivity contribution is -0.112. The fourth-order valence-corrected chi connectivity index (χ4v) is 1.85. The van der Waals surface area contributed by atoms with Gasteiger partial charge in [0.2, 0.25) is 0 Å². The summed E-state index contributed by atoms with van der Waals surface area (Å²) < 4.78 is 0. The molecule has 2 aromatic carbocycles. The molecule has 0 aliphatic carbocycles. The van der Waals surface area contributed by atoms with E-state index in [-0.39, 0.29) is 11.5 Å². The first-order valence-electron chi connectivity index (χ1n) is 5.74. The van der Waals surface area contributed by atoms with Gasteiger partial charge in [-0.1, -0.05) is 54.6 Å². The average molecular weight is 238 g/mol. The number of carbonyl (C=O) groups is 1. The Balaban J connectivity index is 2.54. The van der Waals surface area contributed by atoms with E-state index in [1.807, 2.05) is 48.5 Å². The van der Waals surface area contributed by atoms with Crippen molar-refractivity contribution in [1.29, 1.82) is 0 Å². The van der Waals surface area contributed by atoms with Gasteiger partial charge in [-0.25, -0.2) is 0 Å². The number of ketones is 1. The van der Waals surface area contributed by atoms with Crippen molar-refractivity contribution in [3.8, 4) is 11.1 Å². The van der Waals surface area contributed by atoms with Gasteiger partial charge in [0, 0.05) is 11.6 Å². The first-order valence-corrected chi connectivity index (χ1v) is 5.74. The van der Waals surface area contributed by atoms with E-state index >= 15 is 0 Å². The van der Waals surface area contributed by atoms with E-state index in [0.717, 1.165) is 11.1 Å². The standard InChI is InChI=1S/C16H14O2/c1-12(17)11-16(18)15-10-6-5-9-14(15)13-7-3-2-4-8-13/h2-11,18H,1H3/b16-11-. The molecule has 2 aromatic rings. The van der Waals surface area contributed by atoms with Gasteiger partial charge in [-0.05, 0) is 18.1 Å². The SMILES string of the molecule is CC(=O)/C=C(\O)c1ccccc1-c1ccccc1. The minimum Gasteiger partial charge on any atom is -0.507 e. The summed E-state index contributed by atoms with van der Waals surface area (Å²) in [7, 11) is 0. The van der Waals surface area contributed by atoms with Gasteiger partial charge in [0.1, 0.15) is 5.76 Å². The van der Waals surface area contributed by atoms with Crippen LogP contribution in [0.3, 0.4) is 0 Å². The Kier molecular flexibility index (Phi) is 3.58. The maximum absolute atomic E-state index is 11.0. The van der Waals surface area contributed by atoms with Crippen LogP contribution in [0.25, 0.3) is 16.9 Å².